The van der Waals surface area contributed by atoms with Crippen molar-refractivity contribution in [2.75, 3.05) is 37.3 Å². The number of para-hydroxylation sites is 1. The molecule has 3 rings (SSSR count). The van der Waals surface area contributed by atoms with E-state index in [2.05, 4.69) is 15.6 Å². The SMILES string of the molecule is CN=C(NCCS(=O)(=O)c1ccccc1)NC1CCN(c2c(F)cccc2F)C1. The largest absolute Gasteiger partial charge is 0.365 e. The number of rotatable bonds is 6. The molecule has 9 heteroatoms. The second-order valence-corrected chi connectivity index (χ2v) is 8.89. The minimum Gasteiger partial charge on any atom is -0.365 e. The van der Waals surface area contributed by atoms with Gasteiger partial charge >= 0.3 is 0 Å². The molecule has 0 spiro atoms. The Morgan fingerprint density at radius 1 is 1.14 bits per heavy atom. The van der Waals surface area contributed by atoms with Gasteiger partial charge in [-0.25, -0.2) is 17.2 Å². The fourth-order valence-electron chi connectivity index (χ4n) is 3.31. The van der Waals surface area contributed by atoms with Crippen LogP contribution in [-0.2, 0) is 9.84 Å². The molecule has 0 aliphatic carbocycles. The third kappa shape index (κ3) is 5.23. The molecule has 29 heavy (non-hydrogen) atoms. The molecule has 156 valence electrons. The Kier molecular flexibility index (Phi) is 6.68. The van der Waals surface area contributed by atoms with Crippen LogP contribution in [0.4, 0.5) is 14.5 Å². The molecular weight excluding hydrogens is 398 g/mol. The van der Waals surface area contributed by atoms with E-state index < -0.39 is 21.5 Å². The lowest BCUT2D eigenvalue weighted by Crippen LogP contribution is -2.45. The third-order valence-corrected chi connectivity index (χ3v) is 6.50. The second kappa shape index (κ2) is 9.21. The van der Waals surface area contributed by atoms with Crippen LogP contribution < -0.4 is 15.5 Å². The molecule has 1 fully saturated rings. The quantitative estimate of drug-likeness (QED) is 0.552. The van der Waals surface area contributed by atoms with Crippen molar-refractivity contribution < 1.29 is 17.2 Å². The van der Waals surface area contributed by atoms with Crippen LogP contribution in [0.3, 0.4) is 0 Å². The molecule has 1 aliphatic rings. The average molecular weight is 423 g/mol. The summed E-state index contributed by atoms with van der Waals surface area (Å²) >= 11 is 0. The first kappa shape index (κ1) is 21.0. The number of halogens is 2. The lowest BCUT2D eigenvalue weighted by atomic mass is 10.2. The third-order valence-electron chi connectivity index (χ3n) is 4.77. The van der Waals surface area contributed by atoms with Gasteiger partial charge in [-0.1, -0.05) is 24.3 Å². The van der Waals surface area contributed by atoms with E-state index in [0.717, 1.165) is 0 Å². The highest BCUT2D eigenvalue weighted by Gasteiger charge is 2.27. The van der Waals surface area contributed by atoms with Crippen molar-refractivity contribution >= 4 is 21.5 Å². The summed E-state index contributed by atoms with van der Waals surface area (Å²) in [6, 6.07) is 12.0. The number of benzene rings is 2. The van der Waals surface area contributed by atoms with Crippen molar-refractivity contribution in [2.45, 2.75) is 17.4 Å². The zero-order valence-corrected chi connectivity index (χ0v) is 16.9. The van der Waals surface area contributed by atoms with E-state index in [1.807, 2.05) is 0 Å². The molecule has 2 aromatic carbocycles. The number of hydrogen-bond acceptors (Lipinski definition) is 4. The molecule has 0 amide bonds. The van der Waals surface area contributed by atoms with Gasteiger partial charge in [-0.15, -0.1) is 0 Å². The standard InChI is InChI=1S/C20H24F2N4O2S/c1-23-20(24-11-13-29(27,28)16-6-3-2-4-7-16)25-15-10-12-26(14-15)19-17(21)8-5-9-18(19)22/h2-9,15H,10-14H2,1H3,(H2,23,24,25). The maximum Gasteiger partial charge on any atom is 0.191 e. The monoisotopic (exact) mass is 422 g/mol. The molecule has 6 nitrogen and oxygen atoms in total. The van der Waals surface area contributed by atoms with Gasteiger partial charge in [0.15, 0.2) is 15.8 Å². The Bertz CT molecular complexity index is 947. The summed E-state index contributed by atoms with van der Waals surface area (Å²) in [5, 5.41) is 6.18. The van der Waals surface area contributed by atoms with Crippen molar-refractivity contribution in [1.82, 2.24) is 10.6 Å². The summed E-state index contributed by atoms with van der Waals surface area (Å²) in [4.78, 5) is 6.05. The molecule has 1 atom stereocenters. The number of nitrogens with one attached hydrogen (secondary N) is 2. The molecule has 1 saturated heterocycles. The molecule has 0 saturated carbocycles. The van der Waals surface area contributed by atoms with Crippen LogP contribution in [0.5, 0.6) is 0 Å². The zero-order valence-electron chi connectivity index (χ0n) is 16.1. The van der Waals surface area contributed by atoms with Crippen molar-refractivity contribution in [2.24, 2.45) is 4.99 Å². The van der Waals surface area contributed by atoms with Gasteiger partial charge in [-0.2, -0.15) is 0 Å². The van der Waals surface area contributed by atoms with Gasteiger partial charge in [0.05, 0.1) is 10.6 Å². The topological polar surface area (TPSA) is 73.8 Å². The summed E-state index contributed by atoms with van der Waals surface area (Å²) in [5.41, 5.74) is -0.0197. The van der Waals surface area contributed by atoms with E-state index >= 15 is 0 Å². The Balaban J connectivity index is 1.52. The van der Waals surface area contributed by atoms with Crippen LogP contribution in [0.1, 0.15) is 6.42 Å². The number of anilines is 1. The molecule has 1 unspecified atom stereocenters. The van der Waals surface area contributed by atoms with E-state index in [9.17, 15) is 17.2 Å². The summed E-state index contributed by atoms with van der Waals surface area (Å²) in [7, 11) is -1.80. The number of hydrogen-bond donors (Lipinski definition) is 2. The Morgan fingerprint density at radius 2 is 1.83 bits per heavy atom. The normalized spacial score (nSPS) is 17.4. The Labute approximate surface area is 169 Å². The fraction of sp³-hybridized carbons (Fsp3) is 0.350. The van der Waals surface area contributed by atoms with E-state index in [4.69, 9.17) is 0 Å². The van der Waals surface area contributed by atoms with Gasteiger partial charge in [-0.3, -0.25) is 4.99 Å². The van der Waals surface area contributed by atoms with Crippen molar-refractivity contribution in [3.8, 4) is 0 Å². The minimum absolute atomic E-state index is 0.0197. The van der Waals surface area contributed by atoms with E-state index in [-0.39, 0.29) is 28.9 Å². The summed E-state index contributed by atoms with van der Waals surface area (Å²) in [5.74, 6) is -0.790. The van der Waals surface area contributed by atoms with Gasteiger partial charge in [0.2, 0.25) is 0 Å². The maximum atomic E-state index is 14.0. The van der Waals surface area contributed by atoms with E-state index in [0.29, 0.717) is 25.5 Å². The predicted molar refractivity (Wildman–Crippen MR) is 110 cm³/mol. The molecular formula is C20H24F2N4O2S. The summed E-state index contributed by atoms with van der Waals surface area (Å²) < 4.78 is 52.6. The van der Waals surface area contributed by atoms with Crippen LogP contribution in [0, 0.1) is 11.6 Å². The van der Waals surface area contributed by atoms with Crippen LogP contribution in [-0.4, -0.2) is 52.9 Å². The van der Waals surface area contributed by atoms with Gasteiger partial charge < -0.3 is 15.5 Å². The van der Waals surface area contributed by atoms with Crippen LogP contribution in [0.15, 0.2) is 58.4 Å². The number of guanidine groups is 1. The fourth-order valence-corrected chi connectivity index (χ4v) is 4.49. The van der Waals surface area contributed by atoms with E-state index in [1.165, 1.54) is 18.2 Å². The highest BCUT2D eigenvalue weighted by molar-refractivity contribution is 7.91. The summed E-state index contributed by atoms with van der Waals surface area (Å²) in [6.45, 7) is 1.12. The Morgan fingerprint density at radius 3 is 2.48 bits per heavy atom. The first-order valence-electron chi connectivity index (χ1n) is 9.34. The van der Waals surface area contributed by atoms with E-state index in [1.54, 1.807) is 42.3 Å². The average Bonchev–Trinajstić information content (AvgIpc) is 3.15. The van der Waals surface area contributed by atoms with Crippen LogP contribution in [0.25, 0.3) is 0 Å². The van der Waals surface area contributed by atoms with Gasteiger partial charge in [0.1, 0.15) is 17.3 Å². The van der Waals surface area contributed by atoms with Crippen molar-refractivity contribution in [3.05, 3.63) is 60.2 Å². The van der Waals surface area contributed by atoms with Crippen molar-refractivity contribution in [1.29, 1.82) is 0 Å². The summed E-state index contributed by atoms with van der Waals surface area (Å²) in [6.07, 6.45) is 0.677. The first-order valence-corrected chi connectivity index (χ1v) is 11.0. The lowest BCUT2D eigenvalue weighted by Gasteiger charge is -2.21. The molecule has 0 aromatic heterocycles. The van der Waals surface area contributed by atoms with Gasteiger partial charge in [0.25, 0.3) is 0 Å². The molecule has 0 radical (unpaired) electrons. The predicted octanol–water partition coefficient (Wildman–Crippen LogP) is 2.18. The number of nitrogens with zero attached hydrogens (tertiary/aromatic N) is 2. The molecule has 1 heterocycles. The molecule has 1 aliphatic heterocycles. The number of aliphatic imine (C=N–C) groups is 1. The first-order chi connectivity index (χ1) is 13.9. The highest BCUT2D eigenvalue weighted by Crippen LogP contribution is 2.26. The lowest BCUT2D eigenvalue weighted by molar-refractivity contribution is 0.576. The van der Waals surface area contributed by atoms with Crippen LogP contribution in [0.2, 0.25) is 0 Å². The highest BCUT2D eigenvalue weighted by atomic mass is 32.2. The van der Waals surface area contributed by atoms with Crippen molar-refractivity contribution in [3.63, 3.8) is 0 Å². The van der Waals surface area contributed by atoms with Gasteiger partial charge in [-0.05, 0) is 30.7 Å². The second-order valence-electron chi connectivity index (χ2n) is 6.78. The zero-order chi connectivity index (χ0) is 20.9. The Hall–Kier alpha value is -2.68. The maximum absolute atomic E-state index is 14.0. The minimum atomic E-state index is -3.38. The number of sulfone groups is 1. The van der Waals surface area contributed by atoms with Gasteiger partial charge in [0, 0.05) is 32.7 Å². The molecule has 2 aromatic rings. The van der Waals surface area contributed by atoms with Crippen LogP contribution >= 0.6 is 0 Å². The molecule has 0 bridgehead atoms. The smallest absolute Gasteiger partial charge is 0.191 e. The molecule has 2 N–H and O–H groups in total.